The molecule has 3 aromatic heterocycles. The molecule has 0 aliphatic heterocycles. The molecular formula is C23H17N3S. The Kier molecular flexibility index (Phi) is 3.84. The van der Waals surface area contributed by atoms with Crippen molar-refractivity contribution in [1.82, 2.24) is 15.0 Å². The van der Waals surface area contributed by atoms with Gasteiger partial charge in [-0.25, -0.2) is 4.98 Å². The highest BCUT2D eigenvalue weighted by molar-refractivity contribution is 7.13. The van der Waals surface area contributed by atoms with E-state index in [0.717, 1.165) is 33.2 Å². The van der Waals surface area contributed by atoms with E-state index in [-0.39, 0.29) is 0 Å². The molecule has 27 heavy (non-hydrogen) atoms. The predicted octanol–water partition coefficient (Wildman–Crippen LogP) is 6.33. The number of nitrogens with zero attached hydrogens (tertiary/aromatic N) is 2. The fraction of sp³-hybridized carbons (Fsp3) is 0.0435. The number of H-pyrrole nitrogens is 1. The van der Waals surface area contributed by atoms with Crippen molar-refractivity contribution in [3.63, 3.8) is 0 Å². The van der Waals surface area contributed by atoms with Gasteiger partial charge in [0, 0.05) is 23.5 Å². The average Bonchev–Trinajstić information content (AvgIpc) is 3.35. The lowest BCUT2D eigenvalue weighted by Crippen LogP contribution is -1.86. The SMILES string of the molecule is Cc1csc(-c2nc(-c3ccncc3)c(-c3cccc4ccccc34)[nH]2)c1. The standard InChI is InChI=1S/C23H17N3S/c1-15-13-20(27-14-15)23-25-21(17-9-11-24-12-10-17)22(26-23)19-8-4-6-16-5-2-3-7-18(16)19/h2-14H,1H3,(H,25,26). The van der Waals surface area contributed by atoms with Gasteiger partial charge in [0.2, 0.25) is 0 Å². The molecule has 3 heterocycles. The van der Waals surface area contributed by atoms with Gasteiger partial charge in [-0.3, -0.25) is 4.98 Å². The van der Waals surface area contributed by atoms with E-state index in [2.05, 4.69) is 70.8 Å². The lowest BCUT2D eigenvalue weighted by molar-refractivity contribution is 1.31. The largest absolute Gasteiger partial charge is 0.337 e. The Labute approximate surface area is 161 Å². The Hall–Kier alpha value is -3.24. The zero-order valence-electron chi connectivity index (χ0n) is 14.8. The van der Waals surface area contributed by atoms with Crippen LogP contribution < -0.4 is 0 Å². The third-order valence-electron chi connectivity index (χ3n) is 4.68. The molecule has 0 saturated heterocycles. The molecular weight excluding hydrogens is 350 g/mol. The number of hydrogen-bond donors (Lipinski definition) is 1. The maximum absolute atomic E-state index is 4.97. The van der Waals surface area contributed by atoms with E-state index in [1.54, 1.807) is 11.3 Å². The van der Waals surface area contributed by atoms with E-state index in [9.17, 15) is 0 Å². The highest BCUT2D eigenvalue weighted by Gasteiger charge is 2.17. The average molecular weight is 367 g/mol. The number of benzene rings is 2. The number of imidazole rings is 1. The van der Waals surface area contributed by atoms with Crippen LogP contribution >= 0.6 is 11.3 Å². The van der Waals surface area contributed by atoms with E-state index in [1.807, 2.05) is 24.5 Å². The summed E-state index contributed by atoms with van der Waals surface area (Å²) in [5.41, 5.74) is 5.47. The predicted molar refractivity (Wildman–Crippen MR) is 113 cm³/mol. The molecule has 0 bridgehead atoms. The van der Waals surface area contributed by atoms with Gasteiger partial charge in [0.15, 0.2) is 0 Å². The molecule has 4 heteroatoms. The minimum Gasteiger partial charge on any atom is -0.337 e. The van der Waals surface area contributed by atoms with Gasteiger partial charge in [0.25, 0.3) is 0 Å². The van der Waals surface area contributed by atoms with Crippen LogP contribution in [0, 0.1) is 6.92 Å². The number of aryl methyl sites for hydroxylation is 1. The van der Waals surface area contributed by atoms with Crippen LogP contribution in [0.25, 0.3) is 44.0 Å². The first-order valence-electron chi connectivity index (χ1n) is 8.83. The Morgan fingerprint density at radius 1 is 0.926 bits per heavy atom. The number of hydrogen-bond acceptors (Lipinski definition) is 3. The van der Waals surface area contributed by atoms with Crippen LogP contribution in [0.3, 0.4) is 0 Å². The summed E-state index contributed by atoms with van der Waals surface area (Å²) >= 11 is 1.71. The summed E-state index contributed by atoms with van der Waals surface area (Å²) in [6, 6.07) is 21.1. The van der Waals surface area contributed by atoms with Gasteiger partial charge in [-0.15, -0.1) is 11.3 Å². The molecule has 0 fully saturated rings. The van der Waals surface area contributed by atoms with Crippen molar-refractivity contribution in [2.24, 2.45) is 0 Å². The van der Waals surface area contributed by atoms with Crippen molar-refractivity contribution in [2.75, 3.05) is 0 Å². The minimum absolute atomic E-state index is 0.905. The van der Waals surface area contributed by atoms with Crippen molar-refractivity contribution in [3.05, 3.63) is 84.0 Å². The van der Waals surface area contributed by atoms with Gasteiger partial charge < -0.3 is 4.98 Å². The van der Waals surface area contributed by atoms with Crippen LogP contribution in [0.5, 0.6) is 0 Å². The lowest BCUT2D eigenvalue weighted by Gasteiger charge is -2.07. The number of nitrogens with one attached hydrogen (secondary N) is 1. The highest BCUT2D eigenvalue weighted by Crippen LogP contribution is 2.37. The molecule has 130 valence electrons. The molecule has 3 nitrogen and oxygen atoms in total. The van der Waals surface area contributed by atoms with E-state index in [4.69, 9.17) is 4.98 Å². The van der Waals surface area contributed by atoms with Gasteiger partial charge in [0.1, 0.15) is 5.82 Å². The number of rotatable bonds is 3. The summed E-state index contributed by atoms with van der Waals surface area (Å²) in [7, 11) is 0. The first kappa shape index (κ1) is 16.0. The second-order valence-corrected chi connectivity index (χ2v) is 7.47. The highest BCUT2D eigenvalue weighted by atomic mass is 32.1. The van der Waals surface area contributed by atoms with Crippen molar-refractivity contribution in [3.8, 4) is 33.2 Å². The Morgan fingerprint density at radius 2 is 1.74 bits per heavy atom. The number of aromatic amines is 1. The third kappa shape index (κ3) is 2.84. The molecule has 1 N–H and O–H groups in total. The number of aromatic nitrogens is 3. The van der Waals surface area contributed by atoms with Gasteiger partial charge in [0.05, 0.1) is 16.3 Å². The second kappa shape index (κ2) is 6.49. The van der Waals surface area contributed by atoms with Crippen LogP contribution in [-0.4, -0.2) is 15.0 Å². The van der Waals surface area contributed by atoms with Gasteiger partial charge >= 0.3 is 0 Å². The number of pyridine rings is 1. The second-order valence-electron chi connectivity index (χ2n) is 6.56. The summed E-state index contributed by atoms with van der Waals surface area (Å²) in [5, 5.41) is 4.59. The van der Waals surface area contributed by atoms with Crippen LogP contribution in [0.1, 0.15) is 5.56 Å². The number of thiophene rings is 1. The topological polar surface area (TPSA) is 41.6 Å². The number of fused-ring (bicyclic) bond motifs is 1. The van der Waals surface area contributed by atoms with Crippen LogP contribution in [0.15, 0.2) is 78.4 Å². The van der Waals surface area contributed by atoms with Gasteiger partial charge in [-0.1, -0.05) is 42.5 Å². The molecule has 2 aromatic carbocycles. The molecule has 0 amide bonds. The molecule has 0 unspecified atom stereocenters. The third-order valence-corrected chi connectivity index (χ3v) is 5.74. The van der Waals surface area contributed by atoms with Crippen molar-refractivity contribution < 1.29 is 0 Å². The molecule has 0 atom stereocenters. The first-order chi connectivity index (χ1) is 13.3. The van der Waals surface area contributed by atoms with E-state index >= 15 is 0 Å². The molecule has 0 aliphatic rings. The summed E-state index contributed by atoms with van der Waals surface area (Å²) in [6.45, 7) is 2.11. The van der Waals surface area contributed by atoms with Crippen LogP contribution in [0.2, 0.25) is 0 Å². The molecule has 0 saturated carbocycles. The van der Waals surface area contributed by atoms with Gasteiger partial charge in [-0.2, -0.15) is 0 Å². The smallest absolute Gasteiger partial charge is 0.148 e. The monoisotopic (exact) mass is 367 g/mol. The zero-order valence-corrected chi connectivity index (χ0v) is 15.6. The molecule has 0 spiro atoms. The summed E-state index contributed by atoms with van der Waals surface area (Å²) < 4.78 is 0. The van der Waals surface area contributed by atoms with Gasteiger partial charge in [-0.05, 0) is 46.8 Å². The van der Waals surface area contributed by atoms with Crippen molar-refractivity contribution in [1.29, 1.82) is 0 Å². The Morgan fingerprint density at radius 3 is 2.56 bits per heavy atom. The zero-order chi connectivity index (χ0) is 18.2. The molecule has 0 aliphatic carbocycles. The molecule has 5 rings (SSSR count). The van der Waals surface area contributed by atoms with Crippen molar-refractivity contribution in [2.45, 2.75) is 6.92 Å². The summed E-state index contributed by atoms with van der Waals surface area (Å²) in [4.78, 5) is 13.9. The van der Waals surface area contributed by atoms with E-state index in [1.165, 1.54) is 16.3 Å². The molecule has 5 aromatic rings. The normalized spacial score (nSPS) is 11.1. The maximum Gasteiger partial charge on any atom is 0.148 e. The minimum atomic E-state index is 0.905. The van der Waals surface area contributed by atoms with Crippen LogP contribution in [-0.2, 0) is 0 Å². The first-order valence-corrected chi connectivity index (χ1v) is 9.71. The van der Waals surface area contributed by atoms with E-state index < -0.39 is 0 Å². The summed E-state index contributed by atoms with van der Waals surface area (Å²) in [5.74, 6) is 0.905. The Bertz CT molecular complexity index is 1230. The fourth-order valence-electron chi connectivity index (χ4n) is 3.40. The lowest BCUT2D eigenvalue weighted by atomic mass is 9.99. The van der Waals surface area contributed by atoms with Crippen LogP contribution in [0.4, 0.5) is 0 Å². The van der Waals surface area contributed by atoms with Crippen molar-refractivity contribution >= 4 is 22.1 Å². The molecule has 0 radical (unpaired) electrons. The summed E-state index contributed by atoms with van der Waals surface area (Å²) in [6.07, 6.45) is 3.62. The maximum atomic E-state index is 4.97. The Balaban J connectivity index is 1.79. The van der Waals surface area contributed by atoms with E-state index in [0.29, 0.717) is 0 Å². The quantitative estimate of drug-likeness (QED) is 0.405. The fourth-order valence-corrected chi connectivity index (χ4v) is 4.25.